The molecule has 0 saturated heterocycles. The Morgan fingerprint density at radius 2 is 1.95 bits per heavy atom. The third kappa shape index (κ3) is 5.32. The first-order valence-corrected chi connectivity index (χ1v) is 7.37. The van der Waals surface area contributed by atoms with Crippen molar-refractivity contribution in [3.63, 3.8) is 0 Å². The zero-order valence-electron chi connectivity index (χ0n) is 11.6. The first kappa shape index (κ1) is 15.6. The molecule has 1 amide bonds. The fourth-order valence-electron chi connectivity index (χ4n) is 2.38. The van der Waals surface area contributed by atoms with Crippen molar-refractivity contribution < 1.29 is 23.4 Å². The van der Waals surface area contributed by atoms with Crippen LogP contribution in [0.2, 0.25) is 0 Å². The normalized spacial score (nSPS) is 24.4. The zero-order valence-corrected chi connectivity index (χ0v) is 11.6. The van der Waals surface area contributed by atoms with E-state index in [1.54, 1.807) is 0 Å². The molecule has 0 aliphatic heterocycles. The van der Waals surface area contributed by atoms with Crippen LogP contribution in [0.15, 0.2) is 0 Å². The molecule has 1 unspecified atom stereocenters. The number of alkyl halides is 2. The van der Waals surface area contributed by atoms with Crippen molar-refractivity contribution in [3.8, 4) is 0 Å². The van der Waals surface area contributed by atoms with E-state index < -0.39 is 12.0 Å². The van der Waals surface area contributed by atoms with Crippen molar-refractivity contribution in [3.05, 3.63) is 0 Å². The molecule has 0 bridgehead atoms. The summed E-state index contributed by atoms with van der Waals surface area (Å²) in [7, 11) is 0. The van der Waals surface area contributed by atoms with Gasteiger partial charge in [0.1, 0.15) is 0 Å². The van der Waals surface area contributed by atoms with E-state index in [0.717, 1.165) is 0 Å². The van der Waals surface area contributed by atoms with Crippen molar-refractivity contribution in [2.24, 2.45) is 11.8 Å². The molecule has 0 aromatic heterocycles. The highest BCUT2D eigenvalue weighted by molar-refractivity contribution is 5.78. The van der Waals surface area contributed by atoms with E-state index in [1.165, 1.54) is 12.8 Å². The van der Waals surface area contributed by atoms with Gasteiger partial charge in [0.05, 0.1) is 12.7 Å². The summed E-state index contributed by atoms with van der Waals surface area (Å²) in [5.41, 5.74) is 0. The summed E-state index contributed by atoms with van der Waals surface area (Å²) in [6.07, 6.45) is 1.64. The summed E-state index contributed by atoms with van der Waals surface area (Å²) in [5, 5.41) is 12.3. The zero-order chi connectivity index (χ0) is 14.6. The van der Waals surface area contributed by atoms with Gasteiger partial charge in [0, 0.05) is 31.9 Å². The first-order valence-electron chi connectivity index (χ1n) is 7.37. The van der Waals surface area contributed by atoms with Gasteiger partial charge in [-0.05, 0) is 31.6 Å². The molecule has 0 aromatic carbocycles. The number of halogens is 2. The van der Waals surface area contributed by atoms with E-state index in [4.69, 9.17) is 4.74 Å². The number of carbonyl (C=O) groups is 1. The van der Waals surface area contributed by atoms with E-state index in [-0.39, 0.29) is 50.7 Å². The summed E-state index contributed by atoms with van der Waals surface area (Å²) >= 11 is 0. The number of aliphatic hydroxyl groups excluding tert-OH is 1. The number of hydrogen-bond donors (Lipinski definition) is 2. The van der Waals surface area contributed by atoms with Crippen LogP contribution >= 0.6 is 0 Å². The smallest absolute Gasteiger partial charge is 0.248 e. The molecule has 2 N–H and O–H groups in total. The number of nitrogens with one attached hydrogen (secondary N) is 1. The number of ether oxygens (including phenoxy) is 1. The molecule has 20 heavy (non-hydrogen) atoms. The average Bonchev–Trinajstić information content (AvgIpc) is 3.20. The van der Waals surface area contributed by atoms with Gasteiger partial charge in [-0.1, -0.05) is 0 Å². The van der Waals surface area contributed by atoms with E-state index in [1.807, 2.05) is 0 Å². The number of amides is 1. The Bertz CT molecular complexity index is 324. The quantitative estimate of drug-likeness (QED) is 0.751. The monoisotopic (exact) mass is 291 g/mol. The molecule has 4 nitrogen and oxygen atoms in total. The van der Waals surface area contributed by atoms with Crippen molar-refractivity contribution in [2.75, 3.05) is 19.8 Å². The number of hydrogen-bond acceptors (Lipinski definition) is 3. The minimum absolute atomic E-state index is 0.121. The van der Waals surface area contributed by atoms with Crippen LogP contribution in [-0.2, 0) is 9.53 Å². The molecular formula is C14H23F2NO3. The summed E-state index contributed by atoms with van der Waals surface area (Å²) in [5.74, 6) is -2.57. The SMILES string of the molecule is O=C(NCC(O)COCC1CC1)C1CCC(F)(F)CC1. The topological polar surface area (TPSA) is 58.6 Å². The maximum atomic E-state index is 13.0. The van der Waals surface area contributed by atoms with Crippen LogP contribution in [0.5, 0.6) is 0 Å². The Kier molecular flexibility index (Phi) is 5.32. The number of aliphatic hydroxyl groups is 1. The van der Waals surface area contributed by atoms with Crippen molar-refractivity contribution in [1.29, 1.82) is 0 Å². The molecule has 0 radical (unpaired) electrons. The summed E-state index contributed by atoms with van der Waals surface area (Å²) < 4.78 is 31.3. The molecule has 0 spiro atoms. The van der Waals surface area contributed by atoms with Gasteiger partial charge in [-0.25, -0.2) is 8.78 Å². The molecule has 116 valence electrons. The molecule has 2 aliphatic rings. The van der Waals surface area contributed by atoms with Gasteiger partial charge in [0.15, 0.2) is 0 Å². The van der Waals surface area contributed by atoms with Crippen molar-refractivity contribution in [1.82, 2.24) is 5.32 Å². The summed E-state index contributed by atoms with van der Waals surface area (Å²) in [4.78, 5) is 11.8. The highest BCUT2D eigenvalue weighted by Crippen LogP contribution is 2.36. The lowest BCUT2D eigenvalue weighted by atomic mass is 9.86. The highest BCUT2D eigenvalue weighted by Gasteiger charge is 2.37. The lowest BCUT2D eigenvalue weighted by Gasteiger charge is -2.27. The lowest BCUT2D eigenvalue weighted by molar-refractivity contribution is -0.129. The second-order valence-corrected chi connectivity index (χ2v) is 6.01. The largest absolute Gasteiger partial charge is 0.389 e. The Morgan fingerprint density at radius 1 is 1.30 bits per heavy atom. The molecule has 0 heterocycles. The van der Waals surface area contributed by atoms with Crippen LogP contribution in [-0.4, -0.2) is 42.8 Å². The Morgan fingerprint density at radius 3 is 2.55 bits per heavy atom. The molecule has 2 aliphatic carbocycles. The Balaban J connectivity index is 1.56. The van der Waals surface area contributed by atoms with Gasteiger partial charge >= 0.3 is 0 Å². The molecule has 2 fully saturated rings. The van der Waals surface area contributed by atoms with Gasteiger partial charge in [0.2, 0.25) is 11.8 Å². The third-order valence-electron chi connectivity index (χ3n) is 3.96. The second kappa shape index (κ2) is 6.80. The van der Waals surface area contributed by atoms with E-state index in [2.05, 4.69) is 5.32 Å². The predicted octanol–water partition coefficient (Wildman–Crippen LogP) is 1.72. The maximum Gasteiger partial charge on any atom is 0.248 e. The molecule has 0 aromatic rings. The Labute approximate surface area is 117 Å². The van der Waals surface area contributed by atoms with E-state index in [9.17, 15) is 18.7 Å². The van der Waals surface area contributed by atoms with Crippen LogP contribution in [0, 0.1) is 11.8 Å². The molecule has 1 atom stereocenters. The van der Waals surface area contributed by atoms with E-state index in [0.29, 0.717) is 12.5 Å². The predicted molar refractivity (Wildman–Crippen MR) is 69.5 cm³/mol. The second-order valence-electron chi connectivity index (χ2n) is 6.01. The first-order chi connectivity index (χ1) is 9.46. The van der Waals surface area contributed by atoms with Gasteiger partial charge < -0.3 is 15.2 Å². The number of carbonyl (C=O) groups excluding carboxylic acids is 1. The van der Waals surface area contributed by atoms with Crippen molar-refractivity contribution >= 4 is 5.91 Å². The summed E-state index contributed by atoms with van der Waals surface area (Å²) in [6, 6.07) is 0. The van der Waals surface area contributed by atoms with Crippen LogP contribution in [0.4, 0.5) is 8.78 Å². The Hall–Kier alpha value is -0.750. The van der Waals surface area contributed by atoms with Crippen LogP contribution in [0.1, 0.15) is 38.5 Å². The van der Waals surface area contributed by atoms with Crippen molar-refractivity contribution in [2.45, 2.75) is 50.6 Å². The maximum absolute atomic E-state index is 13.0. The van der Waals surface area contributed by atoms with Gasteiger partial charge in [0.25, 0.3) is 0 Å². The minimum atomic E-state index is -2.62. The molecule has 2 rings (SSSR count). The van der Waals surface area contributed by atoms with E-state index >= 15 is 0 Å². The standard InChI is InChI=1S/C14H23F2NO3/c15-14(16)5-3-11(4-6-14)13(19)17-7-12(18)9-20-8-10-1-2-10/h10-12,18H,1-9H2,(H,17,19). The molecule has 6 heteroatoms. The van der Waals surface area contributed by atoms with Gasteiger partial charge in [-0.2, -0.15) is 0 Å². The highest BCUT2D eigenvalue weighted by atomic mass is 19.3. The summed E-state index contributed by atoms with van der Waals surface area (Å²) in [6.45, 7) is 0.999. The van der Waals surface area contributed by atoms with Crippen LogP contribution < -0.4 is 5.32 Å². The minimum Gasteiger partial charge on any atom is -0.389 e. The van der Waals surface area contributed by atoms with Crippen LogP contribution in [0.25, 0.3) is 0 Å². The van der Waals surface area contributed by atoms with Gasteiger partial charge in [-0.15, -0.1) is 0 Å². The fraction of sp³-hybridized carbons (Fsp3) is 0.929. The van der Waals surface area contributed by atoms with Crippen LogP contribution in [0.3, 0.4) is 0 Å². The fourth-order valence-corrected chi connectivity index (χ4v) is 2.38. The average molecular weight is 291 g/mol. The van der Waals surface area contributed by atoms with Gasteiger partial charge in [-0.3, -0.25) is 4.79 Å². The molecule has 2 saturated carbocycles. The third-order valence-corrected chi connectivity index (χ3v) is 3.96. The number of rotatable bonds is 7. The molecular weight excluding hydrogens is 268 g/mol. The lowest BCUT2D eigenvalue weighted by Crippen LogP contribution is -2.40.